The van der Waals surface area contributed by atoms with E-state index >= 15 is 0 Å². The molecule has 0 unspecified atom stereocenters. The van der Waals surface area contributed by atoms with Crippen LogP contribution in [0.5, 0.6) is 0 Å². The lowest BCUT2D eigenvalue weighted by atomic mass is 9.75. The molecule has 16 heavy (non-hydrogen) atoms. The Labute approximate surface area is 98.9 Å². The molecule has 0 saturated heterocycles. The van der Waals surface area contributed by atoms with Crippen LogP contribution in [0.2, 0.25) is 0 Å². The van der Waals surface area contributed by atoms with E-state index in [1.807, 2.05) is 0 Å². The largest absolute Gasteiger partial charge is 0.469 e. The summed E-state index contributed by atoms with van der Waals surface area (Å²) in [5.41, 5.74) is 0.00954. The molecule has 0 bridgehead atoms. The van der Waals surface area contributed by atoms with Gasteiger partial charge in [0, 0.05) is 5.54 Å². The SMILES string of the molecule is CCCNC1(CC(=O)OC)CCC(C)CC1. The average Bonchev–Trinajstić information content (AvgIpc) is 2.30. The van der Waals surface area contributed by atoms with Gasteiger partial charge in [-0.15, -0.1) is 0 Å². The van der Waals surface area contributed by atoms with Crippen molar-refractivity contribution in [3.05, 3.63) is 0 Å². The molecule has 0 aliphatic heterocycles. The Balaban J connectivity index is 2.57. The normalized spacial score (nSPS) is 30.1. The van der Waals surface area contributed by atoms with E-state index in [2.05, 4.69) is 19.2 Å². The Morgan fingerprint density at radius 3 is 2.56 bits per heavy atom. The fourth-order valence-corrected chi connectivity index (χ4v) is 2.47. The van der Waals surface area contributed by atoms with E-state index in [1.165, 1.54) is 20.0 Å². The molecule has 94 valence electrons. The molecule has 1 rings (SSSR count). The van der Waals surface area contributed by atoms with Gasteiger partial charge in [0.25, 0.3) is 0 Å². The maximum absolute atomic E-state index is 11.5. The summed E-state index contributed by atoms with van der Waals surface area (Å²) in [6.45, 7) is 5.44. The van der Waals surface area contributed by atoms with E-state index in [0.29, 0.717) is 6.42 Å². The summed E-state index contributed by atoms with van der Waals surface area (Å²) < 4.78 is 4.81. The van der Waals surface area contributed by atoms with Gasteiger partial charge in [-0.3, -0.25) is 4.79 Å². The standard InChI is InChI=1S/C13H25NO2/c1-4-9-14-13(10-12(15)16-3)7-5-11(2)6-8-13/h11,14H,4-10H2,1-3H3. The number of carbonyl (C=O) groups is 1. The number of rotatable bonds is 5. The first-order valence-corrected chi connectivity index (χ1v) is 6.44. The average molecular weight is 227 g/mol. The van der Waals surface area contributed by atoms with Gasteiger partial charge < -0.3 is 10.1 Å². The summed E-state index contributed by atoms with van der Waals surface area (Å²) in [6.07, 6.45) is 6.27. The highest BCUT2D eigenvalue weighted by molar-refractivity contribution is 5.70. The summed E-state index contributed by atoms with van der Waals surface area (Å²) in [5, 5.41) is 3.57. The van der Waals surface area contributed by atoms with Crippen LogP contribution in [0.1, 0.15) is 52.4 Å². The Morgan fingerprint density at radius 1 is 1.44 bits per heavy atom. The summed E-state index contributed by atoms with van der Waals surface area (Å²) in [7, 11) is 1.47. The number of nitrogens with one attached hydrogen (secondary N) is 1. The van der Waals surface area contributed by atoms with Crippen molar-refractivity contribution in [3.8, 4) is 0 Å². The van der Waals surface area contributed by atoms with E-state index in [-0.39, 0.29) is 11.5 Å². The molecule has 0 aromatic rings. The third-order valence-electron chi connectivity index (χ3n) is 3.69. The van der Waals surface area contributed by atoms with Crippen LogP contribution in [0.25, 0.3) is 0 Å². The lowest BCUT2D eigenvalue weighted by Crippen LogP contribution is -2.49. The maximum Gasteiger partial charge on any atom is 0.307 e. The van der Waals surface area contributed by atoms with Gasteiger partial charge in [0.15, 0.2) is 0 Å². The zero-order valence-corrected chi connectivity index (χ0v) is 10.8. The van der Waals surface area contributed by atoms with Crippen molar-refractivity contribution in [2.24, 2.45) is 5.92 Å². The minimum atomic E-state index is -0.0850. The molecule has 0 amide bonds. The molecule has 1 N–H and O–H groups in total. The number of ether oxygens (including phenoxy) is 1. The van der Waals surface area contributed by atoms with E-state index < -0.39 is 0 Å². The molecule has 1 aliphatic rings. The van der Waals surface area contributed by atoms with Crippen molar-refractivity contribution in [1.29, 1.82) is 0 Å². The number of hydrogen-bond acceptors (Lipinski definition) is 3. The first kappa shape index (κ1) is 13.5. The molecule has 0 atom stereocenters. The van der Waals surface area contributed by atoms with Gasteiger partial charge in [0.05, 0.1) is 13.5 Å². The van der Waals surface area contributed by atoms with E-state index in [9.17, 15) is 4.79 Å². The summed E-state index contributed by atoms with van der Waals surface area (Å²) in [6, 6.07) is 0. The fraction of sp³-hybridized carbons (Fsp3) is 0.923. The van der Waals surface area contributed by atoms with Gasteiger partial charge in [-0.1, -0.05) is 13.8 Å². The van der Waals surface area contributed by atoms with Crippen LogP contribution in [0, 0.1) is 5.92 Å². The Morgan fingerprint density at radius 2 is 2.06 bits per heavy atom. The number of carbonyl (C=O) groups excluding carboxylic acids is 1. The molecule has 0 heterocycles. The Kier molecular flexibility index (Phi) is 5.26. The first-order chi connectivity index (χ1) is 7.62. The lowest BCUT2D eigenvalue weighted by Gasteiger charge is -2.39. The molecular formula is C13H25NO2. The molecule has 3 heteroatoms. The van der Waals surface area contributed by atoms with Crippen LogP contribution in [0.3, 0.4) is 0 Å². The van der Waals surface area contributed by atoms with Crippen LogP contribution in [-0.2, 0) is 9.53 Å². The second kappa shape index (κ2) is 6.24. The van der Waals surface area contributed by atoms with Crippen molar-refractivity contribution in [2.75, 3.05) is 13.7 Å². The number of hydrogen-bond donors (Lipinski definition) is 1. The smallest absolute Gasteiger partial charge is 0.307 e. The van der Waals surface area contributed by atoms with Gasteiger partial charge in [-0.25, -0.2) is 0 Å². The molecular weight excluding hydrogens is 202 g/mol. The highest BCUT2D eigenvalue weighted by atomic mass is 16.5. The second-order valence-corrected chi connectivity index (χ2v) is 5.14. The minimum Gasteiger partial charge on any atom is -0.469 e. The zero-order valence-electron chi connectivity index (χ0n) is 10.8. The van der Waals surface area contributed by atoms with Crippen molar-refractivity contribution in [3.63, 3.8) is 0 Å². The van der Waals surface area contributed by atoms with E-state index in [1.54, 1.807) is 0 Å². The van der Waals surface area contributed by atoms with Gasteiger partial charge in [0.1, 0.15) is 0 Å². The molecule has 3 nitrogen and oxygen atoms in total. The highest BCUT2D eigenvalue weighted by Crippen LogP contribution is 2.34. The summed E-state index contributed by atoms with van der Waals surface area (Å²) >= 11 is 0. The van der Waals surface area contributed by atoms with Crippen LogP contribution in [0.15, 0.2) is 0 Å². The van der Waals surface area contributed by atoms with Gasteiger partial charge in [0.2, 0.25) is 0 Å². The topological polar surface area (TPSA) is 38.3 Å². The molecule has 1 aliphatic carbocycles. The van der Waals surface area contributed by atoms with Crippen LogP contribution in [0.4, 0.5) is 0 Å². The third-order valence-corrected chi connectivity index (χ3v) is 3.69. The Bertz CT molecular complexity index is 214. The fourth-order valence-electron chi connectivity index (χ4n) is 2.47. The zero-order chi connectivity index (χ0) is 12.0. The van der Waals surface area contributed by atoms with E-state index in [4.69, 9.17) is 4.74 Å². The van der Waals surface area contributed by atoms with Gasteiger partial charge in [-0.05, 0) is 44.6 Å². The summed E-state index contributed by atoms with van der Waals surface area (Å²) in [4.78, 5) is 11.5. The van der Waals surface area contributed by atoms with Crippen LogP contribution in [-0.4, -0.2) is 25.2 Å². The van der Waals surface area contributed by atoms with E-state index in [0.717, 1.165) is 31.7 Å². The van der Waals surface area contributed by atoms with Crippen molar-refractivity contribution in [2.45, 2.75) is 57.9 Å². The highest BCUT2D eigenvalue weighted by Gasteiger charge is 2.35. The van der Waals surface area contributed by atoms with Crippen LogP contribution < -0.4 is 5.32 Å². The van der Waals surface area contributed by atoms with Crippen LogP contribution >= 0.6 is 0 Å². The predicted octanol–water partition coefficient (Wildman–Crippen LogP) is 2.50. The molecule has 1 saturated carbocycles. The second-order valence-electron chi connectivity index (χ2n) is 5.14. The van der Waals surface area contributed by atoms with Crippen molar-refractivity contribution >= 4 is 5.97 Å². The number of esters is 1. The Hall–Kier alpha value is -0.570. The molecule has 0 aromatic heterocycles. The molecule has 0 radical (unpaired) electrons. The maximum atomic E-state index is 11.5. The van der Waals surface area contributed by atoms with Gasteiger partial charge in [-0.2, -0.15) is 0 Å². The van der Waals surface area contributed by atoms with Gasteiger partial charge >= 0.3 is 5.97 Å². The lowest BCUT2D eigenvalue weighted by molar-refractivity contribution is -0.142. The van der Waals surface area contributed by atoms with Crippen molar-refractivity contribution in [1.82, 2.24) is 5.32 Å². The summed E-state index contributed by atoms with van der Waals surface area (Å²) in [5.74, 6) is 0.715. The molecule has 0 spiro atoms. The quantitative estimate of drug-likeness (QED) is 0.733. The first-order valence-electron chi connectivity index (χ1n) is 6.44. The minimum absolute atomic E-state index is 0.00954. The molecule has 0 aromatic carbocycles. The number of methoxy groups -OCH3 is 1. The third kappa shape index (κ3) is 3.78. The monoisotopic (exact) mass is 227 g/mol. The predicted molar refractivity (Wildman–Crippen MR) is 65.3 cm³/mol. The molecule has 1 fully saturated rings. The van der Waals surface area contributed by atoms with Crippen molar-refractivity contribution < 1.29 is 9.53 Å².